The number of nitrogens with one attached hydrogen (secondary N) is 1. The van der Waals surface area contributed by atoms with Crippen LogP contribution in [0.4, 0.5) is 5.88 Å². The number of benzene rings is 2. The molecule has 0 radical (unpaired) electrons. The maximum atomic E-state index is 12.1. The fourth-order valence-electron chi connectivity index (χ4n) is 2.12. The summed E-state index contributed by atoms with van der Waals surface area (Å²) in [4.78, 5) is 12.1. The Labute approximate surface area is 132 Å². The van der Waals surface area contributed by atoms with Gasteiger partial charge >= 0.3 is 0 Å². The van der Waals surface area contributed by atoms with Crippen LogP contribution >= 0.6 is 11.6 Å². The van der Waals surface area contributed by atoms with Gasteiger partial charge in [-0.25, -0.2) is 0 Å². The second-order valence-corrected chi connectivity index (χ2v) is 5.22. The fraction of sp³-hybridized carbons (Fsp3) is 0.0588. The second-order valence-electron chi connectivity index (χ2n) is 4.79. The van der Waals surface area contributed by atoms with E-state index in [2.05, 4.69) is 10.5 Å². The Hall–Kier alpha value is -2.59. The molecule has 0 aliphatic rings. The van der Waals surface area contributed by atoms with Crippen molar-refractivity contribution in [1.82, 2.24) is 5.16 Å². The van der Waals surface area contributed by atoms with Crippen LogP contribution in [0.15, 0.2) is 65.3 Å². The molecule has 3 rings (SSSR count). The number of anilines is 1. The van der Waals surface area contributed by atoms with Gasteiger partial charge in [0.15, 0.2) is 0 Å². The zero-order valence-corrected chi connectivity index (χ0v) is 12.4. The molecule has 0 bridgehead atoms. The minimum Gasteiger partial charge on any atom is -0.338 e. The van der Waals surface area contributed by atoms with Gasteiger partial charge < -0.3 is 4.52 Å². The summed E-state index contributed by atoms with van der Waals surface area (Å²) in [5, 5.41) is 7.16. The number of aromatic nitrogens is 1. The third-order valence-electron chi connectivity index (χ3n) is 3.19. The number of hydrogen-bond acceptors (Lipinski definition) is 3. The molecule has 0 unspecified atom stereocenters. The minimum absolute atomic E-state index is 0.154. The van der Waals surface area contributed by atoms with Gasteiger partial charge in [-0.3, -0.25) is 10.1 Å². The molecule has 3 aromatic rings. The van der Waals surface area contributed by atoms with Crippen molar-refractivity contribution in [1.29, 1.82) is 0 Å². The molecule has 1 heterocycles. The number of rotatable bonds is 4. The van der Waals surface area contributed by atoms with Gasteiger partial charge in [-0.1, -0.05) is 59.2 Å². The molecule has 1 aromatic heterocycles. The fourth-order valence-corrected chi connectivity index (χ4v) is 2.24. The Kier molecular flexibility index (Phi) is 4.21. The van der Waals surface area contributed by atoms with E-state index in [1.54, 1.807) is 18.3 Å². The second kappa shape index (κ2) is 6.45. The molecule has 0 aliphatic heterocycles. The highest BCUT2D eigenvalue weighted by Gasteiger charge is 2.13. The lowest BCUT2D eigenvalue weighted by molar-refractivity contribution is -0.115. The molecule has 4 nitrogen and oxygen atoms in total. The monoisotopic (exact) mass is 312 g/mol. The zero-order valence-electron chi connectivity index (χ0n) is 11.6. The van der Waals surface area contributed by atoms with Crippen LogP contribution in [-0.2, 0) is 11.2 Å². The molecular formula is C17H13ClN2O2. The summed E-state index contributed by atoms with van der Waals surface area (Å²) in [6.07, 6.45) is 1.85. The minimum atomic E-state index is -0.154. The van der Waals surface area contributed by atoms with Gasteiger partial charge in [-0.2, -0.15) is 0 Å². The van der Waals surface area contributed by atoms with Crippen LogP contribution < -0.4 is 5.32 Å². The predicted molar refractivity (Wildman–Crippen MR) is 85.7 cm³/mol. The lowest BCUT2D eigenvalue weighted by Crippen LogP contribution is -2.14. The molecule has 22 heavy (non-hydrogen) atoms. The van der Waals surface area contributed by atoms with Gasteiger partial charge in [-0.15, -0.1) is 0 Å². The largest absolute Gasteiger partial charge is 0.338 e. The van der Waals surface area contributed by atoms with Gasteiger partial charge in [0.1, 0.15) is 0 Å². The van der Waals surface area contributed by atoms with Crippen LogP contribution in [0.25, 0.3) is 11.1 Å². The summed E-state index contributed by atoms with van der Waals surface area (Å²) in [7, 11) is 0. The summed E-state index contributed by atoms with van der Waals surface area (Å²) >= 11 is 5.88. The predicted octanol–water partition coefficient (Wildman–Crippen LogP) is 4.18. The van der Waals surface area contributed by atoms with Crippen molar-refractivity contribution >= 4 is 23.4 Å². The standard InChI is InChI=1S/C17H13ClN2O2/c18-14-8-6-13(7-9-14)15-11-19-22-17(15)20-16(21)10-12-4-2-1-3-5-12/h1-9,11H,10H2,(H,20,21). The highest BCUT2D eigenvalue weighted by Crippen LogP contribution is 2.28. The molecule has 110 valence electrons. The van der Waals surface area contributed by atoms with E-state index in [1.807, 2.05) is 42.5 Å². The molecule has 5 heteroatoms. The number of amides is 1. The van der Waals surface area contributed by atoms with Crippen LogP contribution in [-0.4, -0.2) is 11.1 Å². The Balaban J connectivity index is 1.75. The average Bonchev–Trinajstić information content (AvgIpc) is 2.97. The topological polar surface area (TPSA) is 55.1 Å². The van der Waals surface area contributed by atoms with Crippen molar-refractivity contribution in [2.75, 3.05) is 5.32 Å². The van der Waals surface area contributed by atoms with Crippen molar-refractivity contribution in [3.8, 4) is 11.1 Å². The molecule has 1 N–H and O–H groups in total. The lowest BCUT2D eigenvalue weighted by atomic mass is 10.1. The van der Waals surface area contributed by atoms with E-state index in [9.17, 15) is 4.79 Å². The quantitative estimate of drug-likeness (QED) is 0.786. The van der Waals surface area contributed by atoms with Crippen LogP contribution in [0.2, 0.25) is 5.02 Å². The molecular weight excluding hydrogens is 300 g/mol. The summed E-state index contributed by atoms with van der Waals surface area (Å²) in [6.45, 7) is 0. The average molecular weight is 313 g/mol. The molecule has 0 aliphatic carbocycles. The first-order chi connectivity index (χ1) is 10.7. The highest BCUT2D eigenvalue weighted by atomic mass is 35.5. The van der Waals surface area contributed by atoms with E-state index in [1.165, 1.54) is 0 Å². The first kappa shape index (κ1) is 14.4. The van der Waals surface area contributed by atoms with E-state index in [0.717, 1.165) is 16.7 Å². The smallest absolute Gasteiger partial charge is 0.239 e. The van der Waals surface area contributed by atoms with Crippen LogP contribution in [0.3, 0.4) is 0 Å². The summed E-state index contributed by atoms with van der Waals surface area (Å²) in [5.74, 6) is 0.182. The number of nitrogens with zero attached hydrogens (tertiary/aromatic N) is 1. The molecule has 0 saturated heterocycles. The van der Waals surface area contributed by atoms with Crippen molar-refractivity contribution in [3.05, 3.63) is 71.4 Å². The van der Waals surface area contributed by atoms with Crippen LogP contribution in [0.1, 0.15) is 5.56 Å². The Bertz CT molecular complexity index is 767. The first-order valence-electron chi connectivity index (χ1n) is 6.77. The summed E-state index contributed by atoms with van der Waals surface area (Å²) in [5.41, 5.74) is 2.53. The molecule has 0 atom stereocenters. The molecule has 0 fully saturated rings. The van der Waals surface area contributed by atoms with Crippen molar-refractivity contribution in [2.45, 2.75) is 6.42 Å². The van der Waals surface area contributed by atoms with Crippen molar-refractivity contribution in [2.24, 2.45) is 0 Å². The van der Waals surface area contributed by atoms with Gasteiger partial charge in [0, 0.05) is 5.02 Å². The van der Waals surface area contributed by atoms with Gasteiger partial charge in [-0.05, 0) is 23.3 Å². The number of carbonyl (C=O) groups is 1. The highest BCUT2D eigenvalue weighted by molar-refractivity contribution is 6.30. The van der Waals surface area contributed by atoms with E-state index >= 15 is 0 Å². The summed E-state index contributed by atoms with van der Waals surface area (Å²) < 4.78 is 5.14. The van der Waals surface area contributed by atoms with Gasteiger partial charge in [0.05, 0.1) is 18.2 Å². The van der Waals surface area contributed by atoms with E-state index in [-0.39, 0.29) is 12.3 Å². The molecule has 1 amide bonds. The van der Waals surface area contributed by atoms with Gasteiger partial charge in [0.25, 0.3) is 0 Å². The zero-order chi connectivity index (χ0) is 15.4. The number of hydrogen-bond donors (Lipinski definition) is 1. The molecule has 0 spiro atoms. The Morgan fingerprint density at radius 1 is 1.09 bits per heavy atom. The third kappa shape index (κ3) is 3.35. The van der Waals surface area contributed by atoms with Crippen LogP contribution in [0.5, 0.6) is 0 Å². The third-order valence-corrected chi connectivity index (χ3v) is 3.44. The van der Waals surface area contributed by atoms with Gasteiger partial charge in [0.2, 0.25) is 11.8 Å². The maximum absolute atomic E-state index is 12.1. The normalized spacial score (nSPS) is 10.4. The van der Waals surface area contributed by atoms with E-state index in [4.69, 9.17) is 16.1 Å². The van der Waals surface area contributed by atoms with E-state index in [0.29, 0.717) is 10.9 Å². The van der Waals surface area contributed by atoms with Crippen molar-refractivity contribution in [3.63, 3.8) is 0 Å². The molecule has 2 aromatic carbocycles. The van der Waals surface area contributed by atoms with E-state index < -0.39 is 0 Å². The van der Waals surface area contributed by atoms with Crippen LogP contribution in [0, 0.1) is 0 Å². The Morgan fingerprint density at radius 3 is 2.55 bits per heavy atom. The molecule has 0 saturated carbocycles. The SMILES string of the molecule is O=C(Cc1ccccc1)Nc1oncc1-c1ccc(Cl)cc1. The first-order valence-corrected chi connectivity index (χ1v) is 7.14. The summed E-state index contributed by atoms with van der Waals surface area (Å²) in [6, 6.07) is 16.8. The number of halogens is 1. The van der Waals surface area contributed by atoms with Crippen molar-refractivity contribution < 1.29 is 9.32 Å². The Morgan fingerprint density at radius 2 is 1.82 bits per heavy atom. The maximum Gasteiger partial charge on any atom is 0.239 e. The number of carbonyl (C=O) groups excluding carboxylic acids is 1. The lowest BCUT2D eigenvalue weighted by Gasteiger charge is -2.04.